The molecule has 1 aromatic carbocycles. The van der Waals surface area contributed by atoms with Crippen molar-refractivity contribution in [2.24, 2.45) is 5.41 Å². The normalized spacial score (nSPS) is 22.3. The van der Waals surface area contributed by atoms with E-state index >= 15 is 0 Å². The molecule has 0 saturated carbocycles. The summed E-state index contributed by atoms with van der Waals surface area (Å²) >= 11 is 0. The Morgan fingerprint density at radius 3 is 2.65 bits per heavy atom. The fourth-order valence-corrected chi connectivity index (χ4v) is 2.54. The molecule has 1 N–H and O–H groups in total. The zero-order valence-corrected chi connectivity index (χ0v) is 12.5. The summed E-state index contributed by atoms with van der Waals surface area (Å²) in [6, 6.07) is 3.75. The maximum atomic E-state index is 13.8. The zero-order chi connectivity index (χ0) is 17.3. The first-order chi connectivity index (χ1) is 10.6. The summed E-state index contributed by atoms with van der Waals surface area (Å²) in [4.78, 5) is 13.1. The van der Waals surface area contributed by atoms with Gasteiger partial charge in [0.05, 0.1) is 5.41 Å². The van der Waals surface area contributed by atoms with Crippen molar-refractivity contribution in [3.05, 3.63) is 29.6 Å². The lowest BCUT2D eigenvalue weighted by Gasteiger charge is -2.20. The number of aliphatic carboxylic acids is 1. The minimum absolute atomic E-state index is 0.333. The Bertz CT molecular complexity index is 591. The first-order valence-electron chi connectivity index (χ1n) is 7.03. The highest BCUT2D eigenvalue weighted by Crippen LogP contribution is 2.31. The largest absolute Gasteiger partial charge is 0.481 e. The zero-order valence-electron chi connectivity index (χ0n) is 12.5. The van der Waals surface area contributed by atoms with Crippen molar-refractivity contribution < 1.29 is 32.2 Å². The predicted octanol–water partition coefficient (Wildman–Crippen LogP) is 3.06. The van der Waals surface area contributed by atoms with Crippen molar-refractivity contribution in [3.8, 4) is 5.75 Å². The number of nitrogens with zero attached hydrogens (tertiary/aromatic N) is 1. The van der Waals surface area contributed by atoms with E-state index in [1.165, 1.54) is 6.07 Å². The van der Waals surface area contributed by atoms with E-state index in [0.717, 1.165) is 12.1 Å². The van der Waals surface area contributed by atoms with Crippen LogP contribution in [0.15, 0.2) is 18.2 Å². The van der Waals surface area contributed by atoms with E-state index in [-0.39, 0.29) is 0 Å². The lowest BCUT2D eigenvalue weighted by atomic mass is 9.90. The second-order valence-electron chi connectivity index (χ2n) is 6.00. The molecule has 1 aromatic rings. The van der Waals surface area contributed by atoms with E-state index < -0.39 is 35.7 Å². The number of carbonyl (C=O) groups is 1. The molecule has 8 heteroatoms. The summed E-state index contributed by atoms with van der Waals surface area (Å²) in [6.07, 6.45) is -4.03. The molecule has 1 saturated heterocycles. The topological polar surface area (TPSA) is 49.8 Å². The van der Waals surface area contributed by atoms with Gasteiger partial charge in [-0.25, -0.2) is 4.39 Å². The molecule has 4 nitrogen and oxygen atoms in total. The maximum absolute atomic E-state index is 13.8. The molecule has 0 spiro atoms. The van der Waals surface area contributed by atoms with Crippen molar-refractivity contribution in [1.29, 1.82) is 0 Å². The fraction of sp³-hybridized carbons (Fsp3) is 0.533. The number of alkyl halides is 3. The molecular formula is C15H17F4NO3. The third-order valence-corrected chi connectivity index (χ3v) is 3.86. The average molecular weight is 335 g/mol. The highest BCUT2D eigenvalue weighted by molar-refractivity contribution is 5.74. The number of benzene rings is 1. The minimum atomic E-state index is -4.53. The Balaban J connectivity index is 1.97. The SMILES string of the molecule is CC1(C(=O)O)CCN(Cc2ccc(OCC(F)(F)F)c(F)c2)C1. The van der Waals surface area contributed by atoms with Crippen molar-refractivity contribution in [2.45, 2.75) is 26.1 Å². The van der Waals surface area contributed by atoms with E-state index in [1.807, 2.05) is 4.90 Å². The van der Waals surface area contributed by atoms with E-state index in [1.54, 1.807) is 6.92 Å². The van der Waals surface area contributed by atoms with Gasteiger partial charge >= 0.3 is 12.1 Å². The fourth-order valence-electron chi connectivity index (χ4n) is 2.54. The highest BCUT2D eigenvalue weighted by atomic mass is 19.4. The third kappa shape index (κ3) is 4.57. The molecule has 23 heavy (non-hydrogen) atoms. The van der Waals surface area contributed by atoms with Crippen molar-refractivity contribution in [1.82, 2.24) is 4.90 Å². The number of carboxylic acids is 1. The monoisotopic (exact) mass is 335 g/mol. The van der Waals surface area contributed by atoms with Gasteiger partial charge in [0.2, 0.25) is 0 Å². The Morgan fingerprint density at radius 2 is 2.13 bits per heavy atom. The molecule has 0 bridgehead atoms. The van der Waals surface area contributed by atoms with Crippen LogP contribution < -0.4 is 4.74 Å². The van der Waals surface area contributed by atoms with Crippen LogP contribution in [0.5, 0.6) is 5.75 Å². The molecule has 1 unspecified atom stereocenters. The molecular weight excluding hydrogens is 318 g/mol. The molecule has 128 valence electrons. The van der Waals surface area contributed by atoms with Crippen molar-refractivity contribution in [3.63, 3.8) is 0 Å². The Kier molecular flexibility index (Phi) is 4.84. The average Bonchev–Trinajstić information content (AvgIpc) is 2.80. The van der Waals surface area contributed by atoms with Gasteiger partial charge in [-0.3, -0.25) is 9.69 Å². The quantitative estimate of drug-likeness (QED) is 0.840. The first-order valence-corrected chi connectivity index (χ1v) is 7.03. The number of halogens is 4. The summed E-state index contributed by atoms with van der Waals surface area (Å²) in [5.74, 6) is -2.20. The summed E-state index contributed by atoms with van der Waals surface area (Å²) in [5, 5.41) is 9.17. The van der Waals surface area contributed by atoms with Gasteiger partial charge in [-0.2, -0.15) is 13.2 Å². The summed E-state index contributed by atoms with van der Waals surface area (Å²) in [6.45, 7) is 1.35. The van der Waals surface area contributed by atoms with Crippen LogP contribution >= 0.6 is 0 Å². The van der Waals surface area contributed by atoms with Crippen LogP contribution in [0.1, 0.15) is 18.9 Å². The smallest absolute Gasteiger partial charge is 0.422 e. The highest BCUT2D eigenvalue weighted by Gasteiger charge is 2.40. The summed E-state index contributed by atoms with van der Waals surface area (Å²) < 4.78 is 54.4. The molecule has 0 amide bonds. The molecule has 2 rings (SSSR count). The Morgan fingerprint density at radius 1 is 1.43 bits per heavy atom. The van der Waals surface area contributed by atoms with Gasteiger partial charge in [-0.05, 0) is 37.6 Å². The minimum Gasteiger partial charge on any atom is -0.481 e. The van der Waals surface area contributed by atoms with E-state index in [9.17, 15) is 22.4 Å². The molecule has 1 heterocycles. The van der Waals surface area contributed by atoms with Gasteiger partial charge < -0.3 is 9.84 Å². The van der Waals surface area contributed by atoms with Gasteiger partial charge in [0.25, 0.3) is 0 Å². The number of likely N-dealkylation sites (tertiary alicyclic amines) is 1. The third-order valence-electron chi connectivity index (χ3n) is 3.86. The second kappa shape index (κ2) is 6.35. The van der Waals surface area contributed by atoms with Crippen molar-refractivity contribution >= 4 is 5.97 Å². The Hall–Kier alpha value is -1.83. The van der Waals surface area contributed by atoms with Crippen LogP contribution in [0, 0.1) is 11.2 Å². The van der Waals surface area contributed by atoms with Gasteiger partial charge in [-0.1, -0.05) is 6.07 Å². The van der Waals surface area contributed by atoms with Gasteiger partial charge in [0.1, 0.15) is 0 Å². The molecule has 0 aliphatic carbocycles. The Labute approximate surface area is 130 Å². The van der Waals surface area contributed by atoms with Crippen LogP contribution in [-0.4, -0.2) is 41.8 Å². The van der Waals surface area contributed by atoms with Crippen LogP contribution in [0.3, 0.4) is 0 Å². The van der Waals surface area contributed by atoms with Gasteiger partial charge in [0, 0.05) is 13.1 Å². The van der Waals surface area contributed by atoms with Crippen LogP contribution in [0.4, 0.5) is 17.6 Å². The maximum Gasteiger partial charge on any atom is 0.422 e. The number of carboxylic acid groups (broad SMARTS) is 1. The van der Waals surface area contributed by atoms with Crippen LogP contribution in [0.25, 0.3) is 0 Å². The van der Waals surface area contributed by atoms with Crippen LogP contribution in [-0.2, 0) is 11.3 Å². The molecule has 0 radical (unpaired) electrons. The predicted molar refractivity (Wildman–Crippen MR) is 73.6 cm³/mol. The lowest BCUT2D eigenvalue weighted by molar-refractivity contribution is -0.153. The molecule has 1 atom stereocenters. The van der Waals surface area contributed by atoms with Crippen LogP contribution in [0.2, 0.25) is 0 Å². The number of ether oxygens (including phenoxy) is 1. The van der Waals surface area contributed by atoms with Gasteiger partial charge in [0.15, 0.2) is 18.2 Å². The molecule has 1 aliphatic heterocycles. The van der Waals surface area contributed by atoms with E-state index in [4.69, 9.17) is 5.11 Å². The number of rotatable bonds is 5. The lowest BCUT2D eigenvalue weighted by Crippen LogP contribution is -2.31. The molecule has 0 aromatic heterocycles. The van der Waals surface area contributed by atoms with E-state index in [0.29, 0.717) is 31.6 Å². The second-order valence-corrected chi connectivity index (χ2v) is 6.00. The van der Waals surface area contributed by atoms with Gasteiger partial charge in [-0.15, -0.1) is 0 Å². The molecule has 1 aliphatic rings. The first kappa shape index (κ1) is 17.5. The van der Waals surface area contributed by atoms with E-state index in [2.05, 4.69) is 4.74 Å². The van der Waals surface area contributed by atoms with Crippen molar-refractivity contribution in [2.75, 3.05) is 19.7 Å². The number of hydrogen-bond acceptors (Lipinski definition) is 3. The number of hydrogen-bond donors (Lipinski definition) is 1. The summed E-state index contributed by atoms with van der Waals surface area (Å²) in [5.41, 5.74) is -0.273. The standard InChI is InChI=1S/C15H17F4NO3/c1-14(13(21)22)4-5-20(8-14)7-10-2-3-12(11(16)6-10)23-9-15(17,18)19/h2-3,6H,4-5,7-9H2,1H3,(H,21,22). The molecule has 1 fully saturated rings. The summed E-state index contributed by atoms with van der Waals surface area (Å²) in [7, 11) is 0.